The van der Waals surface area contributed by atoms with Crippen molar-refractivity contribution in [1.29, 1.82) is 0 Å². The van der Waals surface area contributed by atoms with E-state index in [1.165, 1.54) is 18.2 Å². The molecule has 0 N–H and O–H groups in total. The summed E-state index contributed by atoms with van der Waals surface area (Å²) < 4.78 is 4.60. The molecule has 0 bridgehead atoms. The summed E-state index contributed by atoms with van der Waals surface area (Å²) in [5.74, 6) is -0.229. The van der Waals surface area contributed by atoms with Crippen molar-refractivity contribution in [2.24, 2.45) is 0 Å². The quantitative estimate of drug-likeness (QED) is 0.754. The zero-order valence-electron chi connectivity index (χ0n) is 12.6. The van der Waals surface area contributed by atoms with Gasteiger partial charge in [-0.15, -0.1) is 0 Å². The molecule has 0 radical (unpaired) electrons. The fraction of sp³-hybridized carbons (Fsp3) is 0.412. The van der Waals surface area contributed by atoms with Gasteiger partial charge in [-0.05, 0) is 25.3 Å². The smallest absolute Gasteiger partial charge is 0.305 e. The van der Waals surface area contributed by atoms with E-state index in [0.29, 0.717) is 19.5 Å². The second-order valence-electron chi connectivity index (χ2n) is 5.29. The van der Waals surface area contributed by atoms with Crippen molar-refractivity contribution in [3.63, 3.8) is 0 Å². The Morgan fingerprint density at radius 3 is 2.62 bits per heavy atom. The maximum atomic E-state index is 12.2. The zero-order chi connectivity index (χ0) is 15.2. The lowest BCUT2D eigenvalue weighted by atomic mass is 10.1. The van der Waals surface area contributed by atoms with E-state index in [1.54, 1.807) is 0 Å². The molecule has 1 aliphatic rings. The molecule has 21 heavy (non-hydrogen) atoms. The van der Waals surface area contributed by atoms with Crippen LogP contribution in [0.4, 0.5) is 0 Å². The molecule has 1 aromatic rings. The molecule has 1 aromatic carbocycles. The van der Waals surface area contributed by atoms with Gasteiger partial charge < -0.3 is 9.64 Å². The number of methoxy groups -OCH3 is 1. The standard InChI is InChI=1S/C17H21NO3/c1-13-3-5-14(6-4-13)9-11-18-12-10-15(17(18)20)7-8-16(19)21-2/h3-6,10H,7-9,11-12H2,1-2H3. The van der Waals surface area contributed by atoms with E-state index in [2.05, 4.69) is 35.9 Å². The Bertz CT molecular complexity index is 546. The third-order valence-electron chi connectivity index (χ3n) is 3.74. The predicted octanol–water partition coefficient (Wildman–Crippen LogP) is 2.26. The van der Waals surface area contributed by atoms with E-state index < -0.39 is 0 Å². The molecule has 0 aromatic heterocycles. The first-order chi connectivity index (χ1) is 10.1. The minimum absolute atomic E-state index is 0.0472. The summed E-state index contributed by atoms with van der Waals surface area (Å²) in [6, 6.07) is 8.37. The molecular formula is C17H21NO3. The van der Waals surface area contributed by atoms with Crippen LogP contribution in [0.5, 0.6) is 0 Å². The van der Waals surface area contributed by atoms with Crippen molar-refractivity contribution in [2.45, 2.75) is 26.2 Å². The molecule has 0 saturated carbocycles. The van der Waals surface area contributed by atoms with E-state index in [1.807, 2.05) is 11.0 Å². The molecule has 0 atom stereocenters. The third-order valence-corrected chi connectivity index (χ3v) is 3.74. The molecule has 4 heteroatoms. The van der Waals surface area contributed by atoms with Crippen molar-refractivity contribution in [3.8, 4) is 0 Å². The lowest BCUT2D eigenvalue weighted by Gasteiger charge is -2.16. The van der Waals surface area contributed by atoms with Crippen LogP contribution in [0, 0.1) is 6.92 Å². The Hall–Kier alpha value is -2.10. The van der Waals surface area contributed by atoms with Crippen molar-refractivity contribution in [2.75, 3.05) is 20.2 Å². The van der Waals surface area contributed by atoms with Crippen LogP contribution in [0.15, 0.2) is 35.9 Å². The largest absolute Gasteiger partial charge is 0.469 e. The van der Waals surface area contributed by atoms with E-state index in [4.69, 9.17) is 0 Å². The molecule has 1 aliphatic heterocycles. The van der Waals surface area contributed by atoms with Crippen molar-refractivity contribution in [1.82, 2.24) is 4.90 Å². The molecule has 0 spiro atoms. The highest BCUT2D eigenvalue weighted by molar-refractivity contribution is 5.96. The van der Waals surface area contributed by atoms with Gasteiger partial charge >= 0.3 is 5.97 Å². The van der Waals surface area contributed by atoms with Gasteiger partial charge in [-0.1, -0.05) is 35.9 Å². The summed E-state index contributed by atoms with van der Waals surface area (Å²) in [6.45, 7) is 3.41. The fourth-order valence-electron chi connectivity index (χ4n) is 2.35. The molecule has 4 nitrogen and oxygen atoms in total. The van der Waals surface area contributed by atoms with Gasteiger partial charge in [-0.3, -0.25) is 9.59 Å². The van der Waals surface area contributed by atoms with Crippen LogP contribution in [0.2, 0.25) is 0 Å². The van der Waals surface area contributed by atoms with Crippen LogP contribution in [0.3, 0.4) is 0 Å². The van der Waals surface area contributed by atoms with Crippen LogP contribution < -0.4 is 0 Å². The SMILES string of the molecule is COC(=O)CCC1=CCN(CCc2ccc(C)cc2)C1=O. The summed E-state index contributed by atoms with van der Waals surface area (Å²) in [4.78, 5) is 25.1. The van der Waals surface area contributed by atoms with Gasteiger partial charge in [-0.25, -0.2) is 0 Å². The van der Waals surface area contributed by atoms with Crippen LogP contribution in [0.1, 0.15) is 24.0 Å². The Balaban J connectivity index is 1.80. The maximum Gasteiger partial charge on any atom is 0.305 e. The minimum atomic E-state index is -0.276. The molecular weight excluding hydrogens is 266 g/mol. The number of carbonyl (C=O) groups excluding carboxylic acids is 2. The topological polar surface area (TPSA) is 46.6 Å². The van der Waals surface area contributed by atoms with E-state index in [-0.39, 0.29) is 18.3 Å². The number of esters is 1. The average Bonchev–Trinajstić information content (AvgIpc) is 2.85. The van der Waals surface area contributed by atoms with Gasteiger partial charge in [0.1, 0.15) is 0 Å². The van der Waals surface area contributed by atoms with Gasteiger partial charge in [0.25, 0.3) is 0 Å². The molecule has 1 amide bonds. The minimum Gasteiger partial charge on any atom is -0.469 e. The number of ether oxygens (including phenoxy) is 1. The number of amides is 1. The molecule has 0 unspecified atom stereocenters. The first-order valence-corrected chi connectivity index (χ1v) is 7.21. The van der Waals surface area contributed by atoms with E-state index in [9.17, 15) is 9.59 Å². The van der Waals surface area contributed by atoms with E-state index in [0.717, 1.165) is 12.0 Å². The summed E-state index contributed by atoms with van der Waals surface area (Å²) in [5.41, 5.74) is 3.20. The monoisotopic (exact) mass is 287 g/mol. The van der Waals surface area contributed by atoms with Gasteiger partial charge in [-0.2, -0.15) is 0 Å². The normalized spacial score (nSPS) is 14.3. The summed E-state index contributed by atoms with van der Waals surface area (Å²) >= 11 is 0. The van der Waals surface area contributed by atoms with Gasteiger partial charge in [0.15, 0.2) is 0 Å². The Kier molecular flexibility index (Phi) is 5.14. The van der Waals surface area contributed by atoms with Gasteiger partial charge in [0.05, 0.1) is 7.11 Å². The highest BCUT2D eigenvalue weighted by Crippen LogP contribution is 2.17. The molecule has 0 saturated heterocycles. The number of benzene rings is 1. The average molecular weight is 287 g/mol. The third kappa shape index (κ3) is 4.18. The molecule has 0 aliphatic carbocycles. The second kappa shape index (κ2) is 7.07. The van der Waals surface area contributed by atoms with Gasteiger partial charge in [0.2, 0.25) is 5.91 Å². The number of hydrogen-bond donors (Lipinski definition) is 0. The summed E-state index contributed by atoms with van der Waals surface area (Å²) in [7, 11) is 1.36. The Morgan fingerprint density at radius 2 is 1.95 bits per heavy atom. The molecule has 2 rings (SSSR count). The van der Waals surface area contributed by atoms with Crippen LogP contribution in [-0.2, 0) is 20.7 Å². The molecule has 112 valence electrons. The molecule has 1 heterocycles. The Labute approximate surface area is 125 Å². The van der Waals surface area contributed by atoms with Crippen LogP contribution in [-0.4, -0.2) is 37.0 Å². The maximum absolute atomic E-state index is 12.2. The van der Waals surface area contributed by atoms with Crippen LogP contribution >= 0.6 is 0 Å². The highest BCUT2D eigenvalue weighted by Gasteiger charge is 2.23. The first-order valence-electron chi connectivity index (χ1n) is 7.21. The second-order valence-corrected chi connectivity index (χ2v) is 5.29. The number of rotatable bonds is 6. The predicted molar refractivity (Wildman–Crippen MR) is 80.8 cm³/mol. The highest BCUT2D eigenvalue weighted by atomic mass is 16.5. The van der Waals surface area contributed by atoms with Crippen molar-refractivity contribution >= 4 is 11.9 Å². The van der Waals surface area contributed by atoms with E-state index >= 15 is 0 Å². The van der Waals surface area contributed by atoms with Crippen LogP contribution in [0.25, 0.3) is 0 Å². The number of nitrogens with zero attached hydrogens (tertiary/aromatic N) is 1. The van der Waals surface area contributed by atoms with Gasteiger partial charge in [0, 0.05) is 25.1 Å². The molecule has 0 fully saturated rings. The van der Waals surface area contributed by atoms with Crippen molar-refractivity contribution in [3.05, 3.63) is 47.0 Å². The Morgan fingerprint density at radius 1 is 1.24 bits per heavy atom. The zero-order valence-corrected chi connectivity index (χ0v) is 12.6. The number of hydrogen-bond acceptors (Lipinski definition) is 3. The fourth-order valence-corrected chi connectivity index (χ4v) is 2.35. The van der Waals surface area contributed by atoms with Crippen molar-refractivity contribution < 1.29 is 14.3 Å². The number of aryl methyl sites for hydroxylation is 1. The number of carbonyl (C=O) groups is 2. The summed E-state index contributed by atoms with van der Waals surface area (Å²) in [5, 5.41) is 0. The lowest BCUT2D eigenvalue weighted by molar-refractivity contribution is -0.140. The first kappa shape index (κ1) is 15.3. The lowest BCUT2D eigenvalue weighted by Crippen LogP contribution is -2.29. The summed E-state index contributed by atoms with van der Waals surface area (Å²) in [6.07, 6.45) is 3.50.